The van der Waals surface area contributed by atoms with Gasteiger partial charge in [-0.1, -0.05) is 23.7 Å². The van der Waals surface area contributed by atoms with Crippen molar-refractivity contribution in [2.24, 2.45) is 0 Å². The van der Waals surface area contributed by atoms with Gasteiger partial charge in [0.15, 0.2) is 0 Å². The van der Waals surface area contributed by atoms with Crippen LogP contribution in [0.15, 0.2) is 72.8 Å². The number of carboxylic acid groups (broad SMARTS) is 1. The molecule has 0 spiro atoms. The summed E-state index contributed by atoms with van der Waals surface area (Å²) in [5.41, 5.74) is 3.88. The van der Waals surface area contributed by atoms with Gasteiger partial charge in [-0.05, 0) is 88.8 Å². The Kier molecular flexibility index (Phi) is 8.80. The summed E-state index contributed by atoms with van der Waals surface area (Å²) in [7, 11) is 0. The van der Waals surface area contributed by atoms with Crippen LogP contribution in [0.2, 0.25) is 5.02 Å². The van der Waals surface area contributed by atoms with Gasteiger partial charge in [0.1, 0.15) is 5.75 Å². The number of amides is 1. The standard InChI is InChI=1S/C27H20ClF3IN3O4/c28-20-11-19(12-21(32)13-20)24-14-23(17-5-7-22(8-6-17)39-27(29,30)31)34-35(24)15-16-1-3-18(4-2-16)26(38)33-10-9-25(36)37/h1-8,11-14H,9-10,15H2,(H,33,38)(H,36,37). The van der Waals surface area contributed by atoms with E-state index in [1.807, 2.05) is 18.2 Å². The van der Waals surface area contributed by atoms with Crippen LogP contribution in [-0.2, 0) is 11.3 Å². The lowest BCUT2D eigenvalue weighted by atomic mass is 10.1. The van der Waals surface area contributed by atoms with Crippen molar-refractivity contribution < 1.29 is 32.6 Å². The maximum absolute atomic E-state index is 12.5. The second-order valence-electron chi connectivity index (χ2n) is 8.40. The fraction of sp³-hybridized carbons (Fsp3) is 0.148. The van der Waals surface area contributed by atoms with E-state index < -0.39 is 12.3 Å². The minimum atomic E-state index is -4.78. The van der Waals surface area contributed by atoms with Crippen LogP contribution < -0.4 is 10.1 Å². The van der Waals surface area contributed by atoms with Crippen molar-refractivity contribution in [3.8, 4) is 28.3 Å². The molecule has 0 saturated carbocycles. The molecule has 12 heteroatoms. The number of hydrogen-bond donors (Lipinski definition) is 2. The van der Waals surface area contributed by atoms with E-state index >= 15 is 0 Å². The van der Waals surface area contributed by atoms with E-state index in [2.05, 4.69) is 32.6 Å². The van der Waals surface area contributed by atoms with Gasteiger partial charge in [0, 0.05) is 31.8 Å². The molecular formula is C27H20ClF3IN3O4. The van der Waals surface area contributed by atoms with Crippen LogP contribution in [-0.4, -0.2) is 39.7 Å². The normalized spacial score (nSPS) is 11.3. The molecule has 39 heavy (non-hydrogen) atoms. The molecule has 0 atom stereocenters. The van der Waals surface area contributed by atoms with Gasteiger partial charge in [-0.2, -0.15) is 5.10 Å². The molecule has 0 fully saturated rings. The first-order valence-electron chi connectivity index (χ1n) is 11.5. The first-order valence-corrected chi connectivity index (χ1v) is 12.9. The number of carbonyl (C=O) groups excluding carboxylic acids is 1. The Bertz CT molecular complexity index is 1470. The number of hydrogen-bond acceptors (Lipinski definition) is 4. The number of nitrogens with zero attached hydrogens (tertiary/aromatic N) is 2. The summed E-state index contributed by atoms with van der Waals surface area (Å²) in [6.07, 6.45) is -4.95. The molecule has 4 rings (SSSR count). The number of alkyl halides is 3. The van der Waals surface area contributed by atoms with E-state index in [1.54, 1.807) is 35.0 Å². The predicted octanol–water partition coefficient (Wildman–Crippen LogP) is 6.63. The van der Waals surface area contributed by atoms with Crippen LogP contribution in [0.5, 0.6) is 5.75 Å². The SMILES string of the molecule is O=C(O)CCNC(=O)c1ccc(Cn2nc(-c3ccc(OC(F)(F)F)cc3)cc2-c2cc(Cl)cc(I)c2)cc1. The summed E-state index contributed by atoms with van der Waals surface area (Å²) < 4.78 is 44.2. The Hall–Kier alpha value is -3.58. The number of benzene rings is 3. The second kappa shape index (κ2) is 12.1. The minimum absolute atomic E-state index is 0.0249. The highest BCUT2D eigenvalue weighted by molar-refractivity contribution is 14.1. The Morgan fingerprint density at radius 2 is 1.69 bits per heavy atom. The van der Waals surface area contributed by atoms with Crippen molar-refractivity contribution in [1.82, 2.24) is 15.1 Å². The zero-order chi connectivity index (χ0) is 28.2. The lowest BCUT2D eigenvalue weighted by Gasteiger charge is -2.10. The van der Waals surface area contributed by atoms with Gasteiger partial charge in [0.2, 0.25) is 0 Å². The maximum atomic E-state index is 12.5. The number of rotatable bonds is 9. The van der Waals surface area contributed by atoms with Crippen molar-refractivity contribution in [2.75, 3.05) is 6.54 Å². The van der Waals surface area contributed by atoms with Crippen LogP contribution in [0.25, 0.3) is 22.5 Å². The monoisotopic (exact) mass is 669 g/mol. The Morgan fingerprint density at radius 3 is 2.31 bits per heavy atom. The molecule has 0 radical (unpaired) electrons. The number of ether oxygens (including phenoxy) is 1. The molecule has 0 aliphatic carbocycles. The van der Waals surface area contributed by atoms with E-state index in [9.17, 15) is 22.8 Å². The third kappa shape index (κ3) is 7.96. The zero-order valence-electron chi connectivity index (χ0n) is 20.0. The highest BCUT2D eigenvalue weighted by Crippen LogP contribution is 2.31. The molecule has 7 nitrogen and oxygen atoms in total. The molecule has 0 saturated heterocycles. The van der Waals surface area contributed by atoms with Crippen molar-refractivity contribution in [2.45, 2.75) is 19.3 Å². The number of nitrogens with one attached hydrogen (secondary N) is 1. The van der Waals surface area contributed by atoms with E-state index in [4.69, 9.17) is 21.8 Å². The lowest BCUT2D eigenvalue weighted by Crippen LogP contribution is -2.25. The molecule has 3 aromatic carbocycles. The average molecular weight is 670 g/mol. The third-order valence-corrected chi connectivity index (χ3v) is 6.34. The average Bonchev–Trinajstić information content (AvgIpc) is 3.27. The second-order valence-corrected chi connectivity index (χ2v) is 10.1. The smallest absolute Gasteiger partial charge is 0.481 e. The number of aliphatic carboxylic acids is 1. The van der Waals surface area contributed by atoms with E-state index in [0.717, 1.165) is 20.4 Å². The van der Waals surface area contributed by atoms with E-state index in [0.29, 0.717) is 28.4 Å². The van der Waals surface area contributed by atoms with Crippen molar-refractivity contribution in [3.05, 3.63) is 92.5 Å². The fourth-order valence-electron chi connectivity index (χ4n) is 3.76. The zero-order valence-corrected chi connectivity index (χ0v) is 22.9. The molecule has 4 aromatic rings. The van der Waals surface area contributed by atoms with Crippen molar-refractivity contribution >= 4 is 46.1 Å². The number of aromatic nitrogens is 2. The van der Waals surface area contributed by atoms with E-state index in [1.165, 1.54) is 24.3 Å². The molecule has 0 aliphatic rings. The van der Waals surface area contributed by atoms with Crippen LogP contribution in [0.4, 0.5) is 13.2 Å². The molecular weight excluding hydrogens is 650 g/mol. The summed E-state index contributed by atoms with van der Waals surface area (Å²) in [4.78, 5) is 22.9. The van der Waals surface area contributed by atoms with Gasteiger partial charge < -0.3 is 15.2 Å². The molecule has 1 amide bonds. The van der Waals surface area contributed by atoms with E-state index in [-0.39, 0.29) is 24.6 Å². The van der Waals surface area contributed by atoms with Gasteiger partial charge in [0.25, 0.3) is 5.91 Å². The molecule has 0 aliphatic heterocycles. The van der Waals surface area contributed by atoms with Crippen molar-refractivity contribution in [3.63, 3.8) is 0 Å². The minimum Gasteiger partial charge on any atom is -0.481 e. The maximum Gasteiger partial charge on any atom is 0.573 e. The van der Waals surface area contributed by atoms with Gasteiger partial charge in [-0.3, -0.25) is 14.3 Å². The highest BCUT2D eigenvalue weighted by atomic mass is 127. The Morgan fingerprint density at radius 1 is 1.00 bits per heavy atom. The number of halogens is 5. The number of carboxylic acids is 1. The van der Waals surface area contributed by atoms with Gasteiger partial charge in [-0.25, -0.2) is 0 Å². The third-order valence-electron chi connectivity index (χ3n) is 5.49. The van der Waals surface area contributed by atoms with Crippen LogP contribution in [0.3, 0.4) is 0 Å². The van der Waals surface area contributed by atoms with Crippen molar-refractivity contribution in [1.29, 1.82) is 0 Å². The highest BCUT2D eigenvalue weighted by Gasteiger charge is 2.31. The quantitative estimate of drug-likeness (QED) is 0.195. The summed E-state index contributed by atoms with van der Waals surface area (Å²) >= 11 is 8.45. The summed E-state index contributed by atoms with van der Waals surface area (Å²) in [5.74, 6) is -1.71. The Labute approximate surface area is 239 Å². The molecule has 202 valence electrons. The predicted molar refractivity (Wildman–Crippen MR) is 148 cm³/mol. The van der Waals surface area contributed by atoms with Gasteiger partial charge in [-0.15, -0.1) is 13.2 Å². The van der Waals surface area contributed by atoms with Crippen LogP contribution >= 0.6 is 34.2 Å². The summed E-state index contributed by atoms with van der Waals surface area (Å²) in [6, 6.07) is 19.6. The lowest BCUT2D eigenvalue weighted by molar-refractivity contribution is -0.274. The Balaban J connectivity index is 1.62. The van der Waals surface area contributed by atoms with Crippen LogP contribution in [0, 0.1) is 3.57 Å². The van der Waals surface area contributed by atoms with Gasteiger partial charge in [0.05, 0.1) is 24.4 Å². The number of carbonyl (C=O) groups is 2. The first-order chi connectivity index (χ1) is 18.5. The molecule has 0 unspecified atom stereocenters. The first kappa shape index (κ1) is 28.4. The van der Waals surface area contributed by atoms with Gasteiger partial charge >= 0.3 is 12.3 Å². The summed E-state index contributed by atoms with van der Waals surface area (Å²) in [6.45, 7) is 0.353. The molecule has 0 bridgehead atoms. The summed E-state index contributed by atoms with van der Waals surface area (Å²) in [5, 5.41) is 16.5. The molecule has 1 heterocycles. The topological polar surface area (TPSA) is 93.5 Å². The largest absolute Gasteiger partial charge is 0.573 e. The fourth-order valence-corrected chi connectivity index (χ4v) is 4.85. The van der Waals surface area contributed by atoms with Crippen LogP contribution in [0.1, 0.15) is 22.3 Å². The molecule has 1 aromatic heterocycles. The molecule has 2 N–H and O–H groups in total.